The lowest BCUT2D eigenvalue weighted by molar-refractivity contribution is -0.128. The second-order valence-electron chi connectivity index (χ2n) is 10.3. The van der Waals surface area contributed by atoms with Gasteiger partial charge in [0, 0.05) is 24.3 Å². The number of ether oxygens (including phenoxy) is 1. The molecule has 8 heteroatoms. The van der Waals surface area contributed by atoms with Crippen LogP contribution in [0.4, 0.5) is 5.82 Å². The third-order valence-electron chi connectivity index (χ3n) is 7.60. The van der Waals surface area contributed by atoms with E-state index in [-0.39, 0.29) is 17.5 Å². The zero-order valence-electron chi connectivity index (χ0n) is 21.9. The van der Waals surface area contributed by atoms with E-state index in [0.29, 0.717) is 24.8 Å². The van der Waals surface area contributed by atoms with Crippen LogP contribution < -0.4 is 10.5 Å². The van der Waals surface area contributed by atoms with Gasteiger partial charge in [0.2, 0.25) is 0 Å². The molecule has 6 rings (SSSR count). The van der Waals surface area contributed by atoms with Crippen molar-refractivity contribution in [2.45, 2.75) is 38.6 Å². The molecule has 4 aromatic rings. The van der Waals surface area contributed by atoms with Gasteiger partial charge < -0.3 is 19.9 Å². The Balaban J connectivity index is 1.34. The molecule has 8 nitrogen and oxygen atoms in total. The summed E-state index contributed by atoms with van der Waals surface area (Å²) >= 11 is 0. The van der Waals surface area contributed by atoms with Crippen LogP contribution in [0.1, 0.15) is 37.4 Å². The molecule has 1 atom stereocenters. The minimum Gasteiger partial charge on any atom is -0.457 e. The molecular weight excluding hydrogens is 488 g/mol. The molecule has 0 unspecified atom stereocenters. The van der Waals surface area contributed by atoms with E-state index >= 15 is 0 Å². The van der Waals surface area contributed by atoms with E-state index in [1.807, 2.05) is 65.6 Å². The van der Waals surface area contributed by atoms with Crippen molar-refractivity contribution in [3.05, 3.63) is 78.3 Å². The number of fused-ring (bicyclic) bond motifs is 1. The van der Waals surface area contributed by atoms with Crippen LogP contribution in [-0.2, 0) is 4.79 Å². The van der Waals surface area contributed by atoms with Gasteiger partial charge in [0.05, 0.1) is 11.4 Å². The lowest BCUT2D eigenvalue weighted by atomic mass is 10.0. The number of amides is 1. The van der Waals surface area contributed by atoms with Crippen LogP contribution in [0.15, 0.2) is 72.6 Å². The van der Waals surface area contributed by atoms with Crippen LogP contribution in [0, 0.1) is 24.2 Å². The van der Waals surface area contributed by atoms with Crippen LogP contribution >= 0.6 is 0 Å². The summed E-state index contributed by atoms with van der Waals surface area (Å²) < 4.78 is 8.18. The number of aromatic nitrogens is 3. The first-order valence-electron chi connectivity index (χ1n) is 13.4. The van der Waals surface area contributed by atoms with Crippen molar-refractivity contribution in [3.8, 4) is 28.7 Å². The molecule has 1 aliphatic carbocycles. The van der Waals surface area contributed by atoms with Crippen LogP contribution in [-0.4, -0.2) is 38.4 Å². The number of hydrogen-bond acceptors (Lipinski definition) is 6. The summed E-state index contributed by atoms with van der Waals surface area (Å²) in [5.74, 6) is 2.13. The van der Waals surface area contributed by atoms with Crippen LogP contribution in [0.25, 0.3) is 22.2 Å². The second-order valence-corrected chi connectivity index (χ2v) is 10.3. The molecule has 2 fully saturated rings. The summed E-state index contributed by atoms with van der Waals surface area (Å²) in [6.45, 7) is 3.23. The van der Waals surface area contributed by atoms with Crippen molar-refractivity contribution in [2.75, 3.05) is 18.8 Å². The minimum atomic E-state index is -0.174. The largest absolute Gasteiger partial charge is 0.457 e. The SMILES string of the molecule is Cc1c(-c2ccc(Oc3ccccc3)cc2)c2c(N)ncnc2n1[C@H]1CCCN(C(=O)/C(C#N)=C/C2CC2)C1. The lowest BCUT2D eigenvalue weighted by Gasteiger charge is -2.34. The van der Waals surface area contributed by atoms with E-state index < -0.39 is 0 Å². The van der Waals surface area contributed by atoms with Gasteiger partial charge >= 0.3 is 0 Å². The topological polar surface area (TPSA) is 110 Å². The van der Waals surface area contributed by atoms with Gasteiger partial charge in [0.25, 0.3) is 5.91 Å². The number of nitrogens with zero attached hydrogens (tertiary/aromatic N) is 5. The Hall–Kier alpha value is -4.64. The Bertz CT molecular complexity index is 1600. The first kappa shape index (κ1) is 24.7. The van der Waals surface area contributed by atoms with Gasteiger partial charge in [-0.05, 0) is 68.4 Å². The van der Waals surface area contributed by atoms with Gasteiger partial charge in [-0.1, -0.05) is 36.4 Å². The molecule has 0 spiro atoms. The molecule has 1 aliphatic heterocycles. The summed E-state index contributed by atoms with van der Waals surface area (Å²) in [5.41, 5.74) is 10.4. The predicted octanol–water partition coefficient (Wildman–Crippen LogP) is 5.80. The Labute approximate surface area is 227 Å². The van der Waals surface area contributed by atoms with E-state index in [9.17, 15) is 10.1 Å². The average Bonchev–Trinajstić information content (AvgIpc) is 3.73. The Morgan fingerprint density at radius 2 is 1.82 bits per heavy atom. The third-order valence-corrected chi connectivity index (χ3v) is 7.60. The van der Waals surface area contributed by atoms with Gasteiger partial charge in [-0.15, -0.1) is 0 Å². The number of carbonyl (C=O) groups is 1. The number of likely N-dealkylation sites (tertiary alicyclic amines) is 1. The quantitative estimate of drug-likeness (QED) is 0.255. The van der Waals surface area contributed by atoms with Crippen molar-refractivity contribution in [1.29, 1.82) is 5.26 Å². The molecule has 2 aliphatic rings. The van der Waals surface area contributed by atoms with Crippen molar-refractivity contribution in [1.82, 2.24) is 19.4 Å². The lowest BCUT2D eigenvalue weighted by Crippen LogP contribution is -2.41. The van der Waals surface area contributed by atoms with E-state index in [0.717, 1.165) is 65.0 Å². The molecule has 39 heavy (non-hydrogen) atoms. The first-order valence-corrected chi connectivity index (χ1v) is 13.4. The highest BCUT2D eigenvalue weighted by molar-refractivity contribution is 6.02. The molecule has 0 radical (unpaired) electrons. The number of nitrogen functional groups attached to an aromatic ring is 1. The first-order chi connectivity index (χ1) is 19.0. The normalized spacial score (nSPS) is 17.7. The molecule has 3 heterocycles. The summed E-state index contributed by atoms with van der Waals surface area (Å²) in [4.78, 5) is 24.0. The number of allylic oxidation sites excluding steroid dienone is 1. The molecule has 1 saturated heterocycles. The fourth-order valence-corrected chi connectivity index (χ4v) is 5.56. The number of nitrogens with two attached hydrogens (primary N) is 1. The number of carbonyl (C=O) groups excluding carboxylic acids is 1. The standard InChI is InChI=1S/C31H30N6O2/c1-20-27(22-11-13-26(14-12-22)39-25-7-3-2-4-8-25)28-29(33)34-19-35-30(28)37(20)24-6-5-15-36(18-24)31(38)23(17-32)16-21-9-10-21/h2-4,7-8,11-14,16,19,21,24H,5-6,9-10,15,18H2,1H3,(H2,33,34,35)/b23-16+/t24-/m0/s1. The van der Waals surface area contributed by atoms with Crippen molar-refractivity contribution >= 4 is 22.8 Å². The summed E-state index contributed by atoms with van der Waals surface area (Å²) in [6.07, 6.45) is 7.19. The molecule has 2 aromatic heterocycles. The number of para-hydroxylation sites is 1. The number of piperidine rings is 1. The van der Waals surface area contributed by atoms with Gasteiger partial charge in [0.15, 0.2) is 0 Å². The molecule has 0 bridgehead atoms. The zero-order valence-corrected chi connectivity index (χ0v) is 21.9. The number of benzene rings is 2. The minimum absolute atomic E-state index is 0.00908. The fourth-order valence-electron chi connectivity index (χ4n) is 5.56. The molecular formula is C31H30N6O2. The van der Waals surface area contributed by atoms with E-state index in [1.165, 1.54) is 6.33 Å². The Morgan fingerprint density at radius 3 is 2.54 bits per heavy atom. The molecule has 2 aromatic carbocycles. The molecule has 1 amide bonds. The highest BCUT2D eigenvalue weighted by atomic mass is 16.5. The average molecular weight is 519 g/mol. The second kappa shape index (κ2) is 10.3. The maximum Gasteiger partial charge on any atom is 0.264 e. The summed E-state index contributed by atoms with van der Waals surface area (Å²) in [6, 6.07) is 19.8. The van der Waals surface area contributed by atoms with E-state index in [1.54, 1.807) is 0 Å². The van der Waals surface area contributed by atoms with Crippen molar-refractivity contribution < 1.29 is 9.53 Å². The third kappa shape index (κ3) is 4.84. The van der Waals surface area contributed by atoms with E-state index in [2.05, 4.69) is 27.5 Å². The fraction of sp³-hybridized carbons (Fsp3) is 0.290. The molecule has 2 N–H and O–H groups in total. The van der Waals surface area contributed by atoms with Gasteiger partial charge in [-0.25, -0.2) is 9.97 Å². The summed E-state index contributed by atoms with van der Waals surface area (Å²) in [5, 5.41) is 10.4. The van der Waals surface area contributed by atoms with Gasteiger partial charge in [-0.3, -0.25) is 4.79 Å². The zero-order chi connectivity index (χ0) is 26.9. The Morgan fingerprint density at radius 1 is 1.08 bits per heavy atom. The maximum atomic E-state index is 13.2. The number of anilines is 1. The van der Waals surface area contributed by atoms with Gasteiger partial charge in [0.1, 0.15) is 40.9 Å². The van der Waals surface area contributed by atoms with Crippen LogP contribution in [0.3, 0.4) is 0 Å². The summed E-state index contributed by atoms with van der Waals surface area (Å²) in [7, 11) is 0. The van der Waals surface area contributed by atoms with Crippen LogP contribution in [0.5, 0.6) is 11.5 Å². The predicted molar refractivity (Wildman–Crippen MR) is 150 cm³/mol. The van der Waals surface area contributed by atoms with Crippen LogP contribution in [0.2, 0.25) is 0 Å². The number of hydrogen-bond donors (Lipinski definition) is 1. The molecule has 1 saturated carbocycles. The monoisotopic (exact) mass is 518 g/mol. The molecule has 196 valence electrons. The number of nitriles is 1. The Kier molecular flexibility index (Phi) is 6.49. The van der Waals surface area contributed by atoms with Crippen molar-refractivity contribution in [3.63, 3.8) is 0 Å². The van der Waals surface area contributed by atoms with Crippen molar-refractivity contribution in [2.24, 2.45) is 5.92 Å². The number of rotatable bonds is 6. The maximum absolute atomic E-state index is 13.2. The highest BCUT2D eigenvalue weighted by Gasteiger charge is 2.31. The van der Waals surface area contributed by atoms with E-state index in [4.69, 9.17) is 10.5 Å². The smallest absolute Gasteiger partial charge is 0.264 e. The van der Waals surface area contributed by atoms with Gasteiger partial charge in [-0.2, -0.15) is 5.26 Å². The highest BCUT2D eigenvalue weighted by Crippen LogP contribution is 2.40.